The van der Waals surface area contributed by atoms with E-state index in [2.05, 4.69) is 5.32 Å². The van der Waals surface area contributed by atoms with Gasteiger partial charge in [0, 0.05) is 25.2 Å². The summed E-state index contributed by atoms with van der Waals surface area (Å²) in [6.45, 7) is 3.88. The number of sulfonamides is 1. The van der Waals surface area contributed by atoms with Gasteiger partial charge in [-0.3, -0.25) is 4.79 Å². The molecule has 10 heteroatoms. The van der Waals surface area contributed by atoms with Crippen molar-refractivity contribution in [3.05, 3.63) is 65.2 Å². The van der Waals surface area contributed by atoms with Crippen LogP contribution in [0.1, 0.15) is 41.4 Å². The van der Waals surface area contributed by atoms with Crippen LogP contribution in [0.25, 0.3) is 0 Å². The number of amides is 1. The smallest absolute Gasteiger partial charge is 0.387 e. The molecular weight excluding hydrogens is 421 g/mol. The number of aliphatic hydroxyl groups excluding tert-OH is 1. The van der Waals surface area contributed by atoms with E-state index in [-0.39, 0.29) is 22.6 Å². The minimum absolute atomic E-state index is 0.0625. The fourth-order valence-electron chi connectivity index (χ4n) is 2.79. The molecule has 6 nitrogen and oxygen atoms in total. The van der Waals surface area contributed by atoms with Crippen LogP contribution in [-0.4, -0.2) is 43.4 Å². The zero-order valence-electron chi connectivity index (χ0n) is 16.5. The van der Waals surface area contributed by atoms with E-state index in [0.29, 0.717) is 13.1 Å². The SMILES string of the molecule is CCN(CC)S(=O)(=O)c1ccc(C(=O)NCC(O)c2ccc(C(F)(F)F)cc2)cc1. The van der Waals surface area contributed by atoms with Crippen molar-refractivity contribution >= 4 is 15.9 Å². The summed E-state index contributed by atoms with van der Waals surface area (Å²) in [6.07, 6.45) is -5.67. The first-order valence-electron chi connectivity index (χ1n) is 9.24. The second-order valence-corrected chi connectivity index (χ2v) is 8.40. The van der Waals surface area contributed by atoms with Crippen LogP contribution in [0.3, 0.4) is 0 Å². The predicted molar refractivity (Wildman–Crippen MR) is 105 cm³/mol. The molecule has 2 N–H and O–H groups in total. The predicted octanol–water partition coefficient (Wildman–Crippen LogP) is 3.20. The summed E-state index contributed by atoms with van der Waals surface area (Å²) in [5, 5.41) is 12.6. The van der Waals surface area contributed by atoms with Crippen molar-refractivity contribution in [1.29, 1.82) is 0 Å². The van der Waals surface area contributed by atoms with Crippen molar-refractivity contribution in [2.24, 2.45) is 0 Å². The Hall–Kier alpha value is -2.43. The van der Waals surface area contributed by atoms with Gasteiger partial charge < -0.3 is 10.4 Å². The maximum atomic E-state index is 12.6. The van der Waals surface area contributed by atoms with E-state index < -0.39 is 33.8 Å². The van der Waals surface area contributed by atoms with Crippen LogP contribution in [0.2, 0.25) is 0 Å². The van der Waals surface area contributed by atoms with Gasteiger partial charge >= 0.3 is 6.18 Å². The van der Waals surface area contributed by atoms with E-state index >= 15 is 0 Å². The largest absolute Gasteiger partial charge is 0.416 e. The lowest BCUT2D eigenvalue weighted by Gasteiger charge is -2.18. The second-order valence-electron chi connectivity index (χ2n) is 6.46. The van der Waals surface area contributed by atoms with Crippen LogP contribution >= 0.6 is 0 Å². The maximum absolute atomic E-state index is 12.6. The van der Waals surface area contributed by atoms with E-state index in [1.54, 1.807) is 13.8 Å². The first-order valence-corrected chi connectivity index (χ1v) is 10.7. The molecule has 0 aliphatic carbocycles. The Labute approximate surface area is 173 Å². The molecule has 0 saturated heterocycles. The molecule has 0 aromatic heterocycles. The molecule has 0 heterocycles. The Bertz CT molecular complexity index is 955. The van der Waals surface area contributed by atoms with Crippen LogP contribution in [0.4, 0.5) is 13.2 Å². The molecule has 0 aliphatic rings. The summed E-state index contributed by atoms with van der Waals surface area (Å²) >= 11 is 0. The number of rotatable bonds is 8. The van der Waals surface area contributed by atoms with Crippen molar-refractivity contribution in [1.82, 2.24) is 9.62 Å². The number of nitrogens with zero attached hydrogens (tertiary/aromatic N) is 1. The average molecular weight is 444 g/mol. The topological polar surface area (TPSA) is 86.7 Å². The van der Waals surface area contributed by atoms with Gasteiger partial charge in [0.2, 0.25) is 10.0 Å². The molecule has 0 bridgehead atoms. The van der Waals surface area contributed by atoms with Gasteiger partial charge in [-0.05, 0) is 42.0 Å². The molecule has 0 aliphatic heterocycles. The molecule has 1 unspecified atom stereocenters. The van der Waals surface area contributed by atoms with Crippen molar-refractivity contribution in [2.45, 2.75) is 31.0 Å². The maximum Gasteiger partial charge on any atom is 0.416 e. The molecule has 2 rings (SSSR count). The van der Waals surface area contributed by atoms with E-state index in [1.807, 2.05) is 0 Å². The van der Waals surface area contributed by atoms with Crippen LogP contribution in [0.5, 0.6) is 0 Å². The Kier molecular flexibility index (Phi) is 7.62. The lowest BCUT2D eigenvalue weighted by molar-refractivity contribution is -0.137. The number of halogens is 3. The third kappa shape index (κ3) is 5.59. The standard InChI is InChI=1S/C20H23F3N2O4S/c1-3-25(4-2)30(28,29)17-11-7-15(8-12-17)19(27)24-13-18(26)14-5-9-16(10-6-14)20(21,22)23/h5-12,18,26H,3-4,13H2,1-2H3,(H,24,27). The fourth-order valence-corrected chi connectivity index (χ4v) is 4.25. The number of nitrogens with one attached hydrogen (secondary N) is 1. The summed E-state index contributed by atoms with van der Waals surface area (Å²) < 4.78 is 64.0. The van der Waals surface area contributed by atoms with E-state index in [4.69, 9.17) is 0 Å². The van der Waals surface area contributed by atoms with Crippen LogP contribution in [-0.2, 0) is 16.2 Å². The van der Waals surface area contributed by atoms with E-state index in [1.165, 1.54) is 28.6 Å². The number of alkyl halides is 3. The van der Waals surface area contributed by atoms with Crippen LogP contribution in [0, 0.1) is 0 Å². The molecular formula is C20H23F3N2O4S. The normalized spacial score (nSPS) is 13.3. The number of hydrogen-bond donors (Lipinski definition) is 2. The van der Waals surface area contributed by atoms with Gasteiger partial charge in [0.15, 0.2) is 0 Å². The van der Waals surface area contributed by atoms with Crippen molar-refractivity contribution in [2.75, 3.05) is 19.6 Å². The lowest BCUT2D eigenvalue weighted by atomic mass is 10.1. The number of hydrogen-bond acceptors (Lipinski definition) is 4. The third-order valence-electron chi connectivity index (χ3n) is 4.54. The highest BCUT2D eigenvalue weighted by atomic mass is 32.2. The van der Waals surface area contributed by atoms with E-state index in [9.17, 15) is 31.5 Å². The van der Waals surface area contributed by atoms with Gasteiger partial charge in [0.05, 0.1) is 16.6 Å². The van der Waals surface area contributed by atoms with Crippen molar-refractivity contribution in [3.8, 4) is 0 Å². The van der Waals surface area contributed by atoms with Gasteiger partial charge in [0.25, 0.3) is 5.91 Å². The summed E-state index contributed by atoms with van der Waals surface area (Å²) in [4.78, 5) is 12.3. The fraction of sp³-hybridized carbons (Fsp3) is 0.350. The monoisotopic (exact) mass is 444 g/mol. The molecule has 0 saturated carbocycles. The molecule has 1 atom stereocenters. The summed E-state index contributed by atoms with van der Waals surface area (Å²) in [6, 6.07) is 9.38. The van der Waals surface area contributed by atoms with Gasteiger partial charge in [-0.2, -0.15) is 17.5 Å². The van der Waals surface area contributed by atoms with Crippen molar-refractivity contribution < 1.29 is 31.5 Å². The number of carbonyl (C=O) groups is 1. The summed E-state index contributed by atoms with van der Waals surface area (Å²) in [5.41, 5.74) is -0.417. The summed E-state index contributed by atoms with van der Waals surface area (Å²) in [7, 11) is -3.64. The average Bonchev–Trinajstić information content (AvgIpc) is 2.72. The highest BCUT2D eigenvalue weighted by Gasteiger charge is 2.30. The molecule has 30 heavy (non-hydrogen) atoms. The molecule has 0 fully saturated rings. The number of carbonyl (C=O) groups excluding carboxylic acids is 1. The van der Waals surface area contributed by atoms with Crippen molar-refractivity contribution in [3.63, 3.8) is 0 Å². The second kappa shape index (κ2) is 9.59. The summed E-state index contributed by atoms with van der Waals surface area (Å²) in [5.74, 6) is -0.548. The van der Waals surface area contributed by atoms with Crippen LogP contribution < -0.4 is 5.32 Å². The number of aliphatic hydroxyl groups is 1. The Morgan fingerprint density at radius 3 is 2.03 bits per heavy atom. The third-order valence-corrected chi connectivity index (χ3v) is 6.60. The highest BCUT2D eigenvalue weighted by Crippen LogP contribution is 2.29. The van der Waals surface area contributed by atoms with Gasteiger partial charge in [-0.25, -0.2) is 8.42 Å². The highest BCUT2D eigenvalue weighted by molar-refractivity contribution is 7.89. The first-order chi connectivity index (χ1) is 14.0. The Morgan fingerprint density at radius 2 is 1.57 bits per heavy atom. The zero-order chi connectivity index (χ0) is 22.5. The molecule has 164 valence electrons. The number of benzene rings is 2. The molecule has 0 spiro atoms. The Balaban J connectivity index is 2.01. The minimum Gasteiger partial charge on any atom is -0.387 e. The van der Waals surface area contributed by atoms with Gasteiger partial charge in [-0.15, -0.1) is 0 Å². The van der Waals surface area contributed by atoms with Gasteiger partial charge in [-0.1, -0.05) is 26.0 Å². The minimum atomic E-state index is -4.47. The quantitative estimate of drug-likeness (QED) is 0.655. The van der Waals surface area contributed by atoms with Crippen LogP contribution in [0.15, 0.2) is 53.4 Å². The molecule has 1 amide bonds. The zero-order valence-corrected chi connectivity index (χ0v) is 17.3. The first kappa shape index (κ1) is 23.8. The Morgan fingerprint density at radius 1 is 1.03 bits per heavy atom. The molecule has 2 aromatic rings. The lowest BCUT2D eigenvalue weighted by Crippen LogP contribution is -2.31. The van der Waals surface area contributed by atoms with E-state index in [0.717, 1.165) is 24.3 Å². The molecule has 2 aromatic carbocycles. The molecule has 0 radical (unpaired) electrons. The van der Waals surface area contributed by atoms with Gasteiger partial charge in [0.1, 0.15) is 0 Å².